The molecule has 0 spiro atoms. The number of rotatable bonds is 5. The molecule has 2 aromatic carbocycles. The summed E-state index contributed by atoms with van der Waals surface area (Å²) in [6.45, 7) is 1.73. The van der Waals surface area contributed by atoms with Gasteiger partial charge in [-0.25, -0.2) is 14.8 Å². The maximum Gasteiger partial charge on any atom is 0.336 e. The number of aromatic nitrogens is 4. The molecule has 2 N–H and O–H groups in total. The molecule has 9 heteroatoms. The average molecular weight is 463 g/mol. The predicted molar refractivity (Wildman–Crippen MR) is 124 cm³/mol. The van der Waals surface area contributed by atoms with Gasteiger partial charge in [0.05, 0.1) is 33.0 Å². The number of ether oxygens (including phenoxy) is 1. The van der Waals surface area contributed by atoms with E-state index in [0.29, 0.717) is 33.2 Å². The molecule has 0 saturated carbocycles. The van der Waals surface area contributed by atoms with E-state index >= 15 is 0 Å². The minimum Gasteiger partial charge on any atom is -0.478 e. The second kappa shape index (κ2) is 8.07. The molecule has 32 heavy (non-hydrogen) atoms. The molecule has 5 rings (SSSR count). The number of aromatic amines is 1. The highest BCUT2D eigenvalue weighted by molar-refractivity contribution is 7.07. The number of nitrogens with one attached hydrogen (secondary N) is 1. The summed E-state index contributed by atoms with van der Waals surface area (Å²) in [6, 6.07) is 14.6. The molecular weight excluding hydrogens is 448 g/mol. The summed E-state index contributed by atoms with van der Waals surface area (Å²) in [5.41, 5.74) is 7.06. The number of thiazole rings is 1. The Bertz CT molecular complexity index is 1450. The molecule has 0 amide bonds. The van der Waals surface area contributed by atoms with E-state index in [9.17, 15) is 9.90 Å². The van der Waals surface area contributed by atoms with Gasteiger partial charge in [-0.15, -0.1) is 11.3 Å². The van der Waals surface area contributed by atoms with E-state index < -0.39 is 5.97 Å². The van der Waals surface area contributed by atoms with E-state index in [1.807, 2.05) is 29.6 Å². The van der Waals surface area contributed by atoms with Gasteiger partial charge in [-0.2, -0.15) is 4.98 Å². The number of carboxylic acids is 1. The molecule has 0 fully saturated rings. The minimum atomic E-state index is -1.02. The number of benzene rings is 2. The number of carboxylic acid groups (broad SMARTS) is 1. The van der Waals surface area contributed by atoms with Gasteiger partial charge in [-0.05, 0) is 30.7 Å². The second-order valence-corrected chi connectivity index (χ2v) is 8.19. The maximum atomic E-state index is 11.4. The van der Waals surface area contributed by atoms with Crippen LogP contribution in [0.4, 0.5) is 0 Å². The van der Waals surface area contributed by atoms with E-state index in [0.717, 1.165) is 16.8 Å². The smallest absolute Gasteiger partial charge is 0.336 e. The molecule has 158 valence electrons. The normalized spacial score (nSPS) is 11.1. The summed E-state index contributed by atoms with van der Waals surface area (Å²) in [5.74, 6) is -0.660. The fourth-order valence-electron chi connectivity index (χ4n) is 3.31. The van der Waals surface area contributed by atoms with Crippen LogP contribution >= 0.6 is 22.9 Å². The first-order chi connectivity index (χ1) is 15.5. The van der Waals surface area contributed by atoms with Crippen molar-refractivity contribution in [1.82, 2.24) is 19.9 Å². The van der Waals surface area contributed by atoms with Gasteiger partial charge in [0, 0.05) is 16.5 Å². The Hall–Kier alpha value is -3.75. The number of aromatic carboxylic acids is 1. The number of aryl methyl sites for hydroxylation is 1. The Morgan fingerprint density at radius 1 is 1.09 bits per heavy atom. The predicted octanol–water partition coefficient (Wildman–Crippen LogP) is 6.20. The number of nitrogens with zero attached hydrogens (tertiary/aromatic N) is 3. The number of fused-ring (bicyclic) bond motifs is 1. The lowest BCUT2D eigenvalue weighted by atomic mass is 10.1. The van der Waals surface area contributed by atoms with E-state index in [-0.39, 0.29) is 11.6 Å². The number of hydrogen-bond acceptors (Lipinski definition) is 6. The first kappa shape index (κ1) is 20.2. The Morgan fingerprint density at radius 3 is 2.59 bits per heavy atom. The zero-order valence-corrected chi connectivity index (χ0v) is 18.2. The van der Waals surface area contributed by atoms with E-state index in [2.05, 4.69) is 19.9 Å². The molecular formula is C23H15ClN4O3S. The van der Waals surface area contributed by atoms with Crippen molar-refractivity contribution in [2.75, 3.05) is 0 Å². The van der Waals surface area contributed by atoms with Gasteiger partial charge < -0.3 is 14.8 Å². The highest BCUT2D eigenvalue weighted by Gasteiger charge is 2.14. The van der Waals surface area contributed by atoms with Crippen LogP contribution in [0.2, 0.25) is 5.02 Å². The van der Waals surface area contributed by atoms with Crippen LogP contribution < -0.4 is 4.74 Å². The van der Waals surface area contributed by atoms with Gasteiger partial charge in [0.25, 0.3) is 0 Å². The Labute approximate surface area is 191 Å². The molecule has 0 atom stereocenters. The highest BCUT2D eigenvalue weighted by Crippen LogP contribution is 2.32. The number of hydrogen-bond donors (Lipinski definition) is 2. The van der Waals surface area contributed by atoms with Gasteiger partial charge in [0.1, 0.15) is 5.75 Å². The van der Waals surface area contributed by atoms with Crippen LogP contribution in [0.5, 0.6) is 11.8 Å². The summed E-state index contributed by atoms with van der Waals surface area (Å²) in [7, 11) is 0. The van der Waals surface area contributed by atoms with Gasteiger partial charge in [-0.1, -0.05) is 41.9 Å². The lowest BCUT2D eigenvalue weighted by molar-refractivity contribution is 0.0695. The largest absolute Gasteiger partial charge is 0.478 e. The van der Waals surface area contributed by atoms with Crippen LogP contribution in [-0.4, -0.2) is 31.0 Å². The summed E-state index contributed by atoms with van der Waals surface area (Å²) < 4.78 is 5.73. The number of pyridine rings is 1. The quantitative estimate of drug-likeness (QED) is 0.322. The van der Waals surface area contributed by atoms with Crippen LogP contribution in [-0.2, 0) is 0 Å². The number of H-pyrrole nitrogens is 1. The molecule has 0 aliphatic rings. The molecule has 0 aliphatic heterocycles. The van der Waals surface area contributed by atoms with E-state index in [4.69, 9.17) is 16.3 Å². The molecule has 3 heterocycles. The average Bonchev–Trinajstić information content (AvgIpc) is 3.44. The molecule has 0 radical (unpaired) electrons. The van der Waals surface area contributed by atoms with Crippen LogP contribution in [0.25, 0.3) is 33.7 Å². The minimum absolute atomic E-state index is 0.170. The molecule has 5 aromatic rings. The maximum absolute atomic E-state index is 11.4. The molecule has 0 aliphatic carbocycles. The van der Waals surface area contributed by atoms with Gasteiger partial charge >= 0.3 is 12.0 Å². The third kappa shape index (κ3) is 3.81. The monoisotopic (exact) mass is 462 g/mol. The molecule has 0 bridgehead atoms. The number of imidazole rings is 1. The van der Waals surface area contributed by atoms with Crippen molar-refractivity contribution in [1.29, 1.82) is 0 Å². The summed E-state index contributed by atoms with van der Waals surface area (Å²) in [4.78, 5) is 27.7. The van der Waals surface area contributed by atoms with Crippen molar-refractivity contribution < 1.29 is 14.6 Å². The summed E-state index contributed by atoms with van der Waals surface area (Å²) >= 11 is 8.04. The molecule has 7 nitrogen and oxygen atoms in total. The van der Waals surface area contributed by atoms with Crippen LogP contribution in [0.15, 0.2) is 59.4 Å². The van der Waals surface area contributed by atoms with Gasteiger partial charge in [0.15, 0.2) is 5.65 Å². The molecule has 0 saturated heterocycles. The molecule has 0 unspecified atom stereocenters. The lowest BCUT2D eigenvalue weighted by Gasteiger charge is -2.05. The van der Waals surface area contributed by atoms with Crippen molar-refractivity contribution in [3.05, 3.63) is 75.6 Å². The van der Waals surface area contributed by atoms with Crippen molar-refractivity contribution in [2.24, 2.45) is 0 Å². The highest BCUT2D eigenvalue weighted by atomic mass is 35.5. The van der Waals surface area contributed by atoms with Crippen LogP contribution in [0.3, 0.4) is 0 Å². The van der Waals surface area contributed by atoms with Gasteiger partial charge in [0.2, 0.25) is 0 Å². The fourth-order valence-corrected chi connectivity index (χ4v) is 4.13. The number of halogens is 1. The zero-order valence-electron chi connectivity index (χ0n) is 16.7. The summed E-state index contributed by atoms with van der Waals surface area (Å²) in [6.07, 6.45) is 0. The summed E-state index contributed by atoms with van der Waals surface area (Å²) in [5, 5.41) is 11.8. The second-order valence-electron chi connectivity index (χ2n) is 7.07. The third-order valence-corrected chi connectivity index (χ3v) is 5.82. The van der Waals surface area contributed by atoms with E-state index in [1.165, 1.54) is 6.07 Å². The topological polar surface area (TPSA) is 101 Å². The Kier molecular flexibility index (Phi) is 5.08. The SMILES string of the molecule is Cc1ccc(Oc2nc3nc(-c4ccc(-c5cscn5)cc4)c(Cl)cc3[nH]2)cc1C(=O)O. The van der Waals surface area contributed by atoms with Crippen molar-refractivity contribution >= 4 is 40.1 Å². The Balaban J connectivity index is 1.46. The van der Waals surface area contributed by atoms with Crippen LogP contribution in [0, 0.1) is 6.92 Å². The van der Waals surface area contributed by atoms with Crippen molar-refractivity contribution in [3.63, 3.8) is 0 Å². The lowest BCUT2D eigenvalue weighted by Crippen LogP contribution is -2.00. The first-order valence-electron chi connectivity index (χ1n) is 9.55. The fraction of sp³-hybridized carbons (Fsp3) is 0.0435. The van der Waals surface area contributed by atoms with E-state index in [1.54, 1.807) is 42.0 Å². The van der Waals surface area contributed by atoms with Crippen molar-refractivity contribution in [3.8, 4) is 34.3 Å². The molecule has 3 aromatic heterocycles. The van der Waals surface area contributed by atoms with Gasteiger partial charge in [-0.3, -0.25) is 0 Å². The third-order valence-electron chi connectivity index (χ3n) is 4.95. The first-order valence-corrected chi connectivity index (χ1v) is 10.9. The van der Waals surface area contributed by atoms with Crippen LogP contribution in [0.1, 0.15) is 15.9 Å². The zero-order chi connectivity index (χ0) is 22.2. The standard InChI is InChI=1S/C23H15ClN4O3S/c1-12-2-7-15(8-16(12)22(29)30)31-23-26-18-9-17(24)20(27-21(18)28-23)14-5-3-13(4-6-14)19-10-32-11-25-19/h2-11H,1H3,(H,29,30)(H,26,27,28). The van der Waals surface area contributed by atoms with Crippen molar-refractivity contribution in [2.45, 2.75) is 6.92 Å². The Morgan fingerprint density at radius 2 is 1.88 bits per heavy atom. The number of carbonyl (C=O) groups is 1.